The Labute approximate surface area is 106 Å². The Kier molecular flexibility index (Phi) is 4.36. The summed E-state index contributed by atoms with van der Waals surface area (Å²) in [4.78, 5) is 2.48. The fourth-order valence-corrected chi connectivity index (χ4v) is 2.72. The molecule has 0 unspecified atom stereocenters. The third-order valence-electron chi connectivity index (χ3n) is 2.51. The molecule has 18 heavy (non-hydrogen) atoms. The zero-order valence-corrected chi connectivity index (χ0v) is 11.0. The summed E-state index contributed by atoms with van der Waals surface area (Å²) in [7, 11) is -1.86. The van der Waals surface area contributed by atoms with E-state index in [1.807, 2.05) is 0 Å². The molecule has 7 nitrogen and oxygen atoms in total. The third kappa shape index (κ3) is 3.30. The van der Waals surface area contributed by atoms with Gasteiger partial charge in [0, 0.05) is 13.1 Å². The van der Waals surface area contributed by atoms with Gasteiger partial charge in [0.25, 0.3) is 10.0 Å². The number of morpholine rings is 1. The van der Waals surface area contributed by atoms with E-state index in [1.165, 1.54) is 6.07 Å². The van der Waals surface area contributed by atoms with Crippen LogP contribution >= 0.6 is 0 Å². The molecule has 1 aliphatic heterocycles. The molecule has 8 heteroatoms. The molecule has 1 aliphatic rings. The molecule has 1 aromatic heterocycles. The molecule has 0 aliphatic carbocycles. The maximum atomic E-state index is 12.0. The van der Waals surface area contributed by atoms with Crippen LogP contribution in [0.1, 0.15) is 5.76 Å². The van der Waals surface area contributed by atoms with E-state index >= 15 is 0 Å². The Morgan fingerprint density at radius 3 is 2.72 bits per heavy atom. The highest BCUT2D eigenvalue weighted by Crippen LogP contribution is 2.14. The Morgan fingerprint density at radius 1 is 1.33 bits per heavy atom. The fourth-order valence-electron chi connectivity index (χ4n) is 1.64. The van der Waals surface area contributed by atoms with Gasteiger partial charge in [-0.3, -0.25) is 0 Å². The summed E-state index contributed by atoms with van der Waals surface area (Å²) in [6.45, 7) is 2.59. The van der Waals surface area contributed by atoms with Gasteiger partial charge in [0.05, 0.1) is 19.8 Å². The van der Waals surface area contributed by atoms with Crippen molar-refractivity contribution >= 4 is 10.0 Å². The summed E-state index contributed by atoms with van der Waals surface area (Å²) in [6.07, 6.45) is 0. The number of sulfonamides is 1. The molecule has 0 saturated carbocycles. The van der Waals surface area contributed by atoms with E-state index in [9.17, 15) is 8.42 Å². The van der Waals surface area contributed by atoms with Gasteiger partial charge in [-0.25, -0.2) is 13.4 Å². The van der Waals surface area contributed by atoms with Crippen molar-refractivity contribution in [2.24, 2.45) is 0 Å². The normalized spacial score (nSPS) is 18.1. The minimum Gasteiger partial charge on any atom is -0.447 e. The first-order valence-corrected chi connectivity index (χ1v) is 7.18. The van der Waals surface area contributed by atoms with Gasteiger partial charge in [0.1, 0.15) is 5.76 Å². The van der Waals surface area contributed by atoms with Gasteiger partial charge >= 0.3 is 0 Å². The van der Waals surface area contributed by atoms with Crippen molar-refractivity contribution in [3.8, 4) is 0 Å². The van der Waals surface area contributed by atoms with E-state index in [1.54, 1.807) is 18.1 Å². The number of nitrogens with one attached hydrogen (secondary N) is 2. The van der Waals surface area contributed by atoms with E-state index in [0.717, 1.165) is 0 Å². The average molecular weight is 275 g/mol. The first-order chi connectivity index (χ1) is 8.62. The Bertz CT molecular complexity index is 479. The van der Waals surface area contributed by atoms with E-state index in [2.05, 4.69) is 10.1 Å². The summed E-state index contributed by atoms with van der Waals surface area (Å²) in [5.74, 6) is 0.583. The van der Waals surface area contributed by atoms with Crippen molar-refractivity contribution in [2.75, 3.05) is 33.4 Å². The van der Waals surface area contributed by atoms with Crippen LogP contribution in [0.3, 0.4) is 0 Å². The molecule has 102 valence electrons. The second-order valence-corrected chi connectivity index (χ2v) is 5.54. The Balaban J connectivity index is 2.04. The quantitative estimate of drug-likeness (QED) is 0.755. The van der Waals surface area contributed by atoms with Crippen LogP contribution in [0.5, 0.6) is 0 Å². The highest BCUT2D eigenvalue weighted by Gasteiger charge is 2.23. The molecule has 1 aromatic rings. The SMILES string of the molecule is CNCc1ccc(S(=O)(=O)NN2CCOCC2)o1. The first-order valence-electron chi connectivity index (χ1n) is 5.70. The lowest BCUT2D eigenvalue weighted by atomic mass is 10.4. The first kappa shape index (κ1) is 13.5. The van der Waals surface area contributed by atoms with Crippen molar-refractivity contribution < 1.29 is 17.6 Å². The highest BCUT2D eigenvalue weighted by molar-refractivity contribution is 7.89. The zero-order chi connectivity index (χ0) is 13.0. The van der Waals surface area contributed by atoms with Crippen LogP contribution in [0.15, 0.2) is 21.6 Å². The van der Waals surface area contributed by atoms with Crippen LogP contribution < -0.4 is 10.1 Å². The van der Waals surface area contributed by atoms with Crippen molar-refractivity contribution in [3.63, 3.8) is 0 Å². The van der Waals surface area contributed by atoms with Crippen LogP contribution in [0.4, 0.5) is 0 Å². The van der Waals surface area contributed by atoms with Gasteiger partial charge < -0.3 is 14.5 Å². The Morgan fingerprint density at radius 2 is 2.06 bits per heavy atom. The summed E-state index contributed by atoms with van der Waals surface area (Å²) in [5.41, 5.74) is 0. The molecule has 0 spiro atoms. The second-order valence-electron chi connectivity index (χ2n) is 3.95. The van der Waals surface area contributed by atoms with Crippen molar-refractivity contribution in [1.82, 2.24) is 15.2 Å². The molecule has 0 amide bonds. The summed E-state index contributed by atoms with van der Waals surface area (Å²) in [5, 5.41) is 4.43. The molecular weight excluding hydrogens is 258 g/mol. The molecule has 2 rings (SSSR count). The van der Waals surface area contributed by atoms with E-state index in [0.29, 0.717) is 38.6 Å². The number of hydrogen-bond acceptors (Lipinski definition) is 6. The van der Waals surface area contributed by atoms with Crippen molar-refractivity contribution in [1.29, 1.82) is 0 Å². The lowest BCUT2D eigenvalue weighted by Crippen LogP contribution is -2.48. The van der Waals surface area contributed by atoms with Gasteiger partial charge in [-0.1, -0.05) is 0 Å². The predicted octanol–water partition coefficient (Wildman–Crippen LogP) is -0.475. The third-order valence-corrected chi connectivity index (χ3v) is 3.76. The van der Waals surface area contributed by atoms with Crippen LogP contribution in [-0.2, 0) is 21.3 Å². The molecule has 0 atom stereocenters. The van der Waals surface area contributed by atoms with Gasteiger partial charge in [-0.15, -0.1) is 4.83 Å². The summed E-state index contributed by atoms with van der Waals surface area (Å²) in [6, 6.07) is 3.10. The van der Waals surface area contributed by atoms with Crippen LogP contribution in [0.2, 0.25) is 0 Å². The topological polar surface area (TPSA) is 83.8 Å². The number of nitrogens with zero attached hydrogens (tertiary/aromatic N) is 1. The van der Waals surface area contributed by atoms with E-state index in [4.69, 9.17) is 9.15 Å². The number of rotatable bonds is 5. The van der Waals surface area contributed by atoms with Gasteiger partial charge in [0.15, 0.2) is 0 Å². The standard InChI is InChI=1S/C10H17N3O4S/c1-11-8-9-2-3-10(17-9)18(14,15)12-13-4-6-16-7-5-13/h2-3,11-12H,4-8H2,1H3. The predicted molar refractivity (Wildman–Crippen MR) is 64.2 cm³/mol. The fraction of sp³-hybridized carbons (Fsp3) is 0.600. The Hall–Kier alpha value is -0.930. The lowest BCUT2D eigenvalue weighted by molar-refractivity contribution is 0.0270. The zero-order valence-electron chi connectivity index (χ0n) is 10.2. The van der Waals surface area contributed by atoms with Crippen LogP contribution in [0, 0.1) is 0 Å². The summed E-state index contributed by atoms with van der Waals surface area (Å²) < 4.78 is 34.4. The molecule has 2 heterocycles. The second kappa shape index (κ2) is 5.81. The largest absolute Gasteiger partial charge is 0.447 e. The molecule has 0 radical (unpaired) electrons. The number of furan rings is 1. The average Bonchev–Trinajstić information content (AvgIpc) is 2.80. The van der Waals surface area contributed by atoms with E-state index in [-0.39, 0.29) is 5.09 Å². The number of hydrazine groups is 1. The van der Waals surface area contributed by atoms with Crippen LogP contribution in [0.25, 0.3) is 0 Å². The molecule has 0 aromatic carbocycles. The highest BCUT2D eigenvalue weighted by atomic mass is 32.2. The maximum Gasteiger partial charge on any atom is 0.286 e. The van der Waals surface area contributed by atoms with Crippen molar-refractivity contribution in [3.05, 3.63) is 17.9 Å². The van der Waals surface area contributed by atoms with Gasteiger partial charge in [0.2, 0.25) is 5.09 Å². The van der Waals surface area contributed by atoms with Gasteiger partial charge in [-0.2, -0.15) is 0 Å². The monoisotopic (exact) mass is 275 g/mol. The van der Waals surface area contributed by atoms with Crippen LogP contribution in [-0.4, -0.2) is 46.8 Å². The maximum absolute atomic E-state index is 12.0. The van der Waals surface area contributed by atoms with Gasteiger partial charge in [-0.05, 0) is 19.2 Å². The molecule has 1 fully saturated rings. The molecule has 1 saturated heterocycles. The van der Waals surface area contributed by atoms with Crippen molar-refractivity contribution in [2.45, 2.75) is 11.6 Å². The minimum absolute atomic E-state index is 0.0701. The molecule has 2 N–H and O–H groups in total. The van der Waals surface area contributed by atoms with E-state index < -0.39 is 10.0 Å². The number of ether oxygens (including phenoxy) is 1. The molecule has 0 bridgehead atoms. The number of hydrogen-bond donors (Lipinski definition) is 2. The molecular formula is C10H17N3O4S. The lowest BCUT2D eigenvalue weighted by Gasteiger charge is -2.26. The summed E-state index contributed by atoms with van der Waals surface area (Å²) >= 11 is 0. The smallest absolute Gasteiger partial charge is 0.286 e. The minimum atomic E-state index is -3.63.